The maximum Gasteiger partial charge on any atom is 0.328 e. The third-order valence-electron chi connectivity index (χ3n) is 2.91. The number of methoxy groups -OCH3 is 1. The van der Waals surface area contributed by atoms with Gasteiger partial charge in [0.15, 0.2) is 0 Å². The highest BCUT2D eigenvalue weighted by atomic mass is 16.5. The molecule has 0 heterocycles. The molecule has 3 N–H and O–H groups in total. The first-order valence-electron chi connectivity index (χ1n) is 6.51. The van der Waals surface area contributed by atoms with E-state index >= 15 is 0 Å². The first-order chi connectivity index (χ1) is 8.44. The third-order valence-corrected chi connectivity index (χ3v) is 2.91. The standard InChI is InChI=1S/C13H26N2O3/c1-5-10(8-14)7-12(16)15-11(6-9(2)3)13(17)18-4/h9-11H,5-8,14H2,1-4H3,(H,15,16). The predicted molar refractivity (Wildman–Crippen MR) is 70.9 cm³/mol. The van der Waals surface area contributed by atoms with Crippen LogP contribution in [0, 0.1) is 11.8 Å². The number of hydrogen-bond donors (Lipinski definition) is 2. The van der Waals surface area contributed by atoms with Gasteiger partial charge in [0.25, 0.3) is 0 Å². The molecule has 0 aromatic rings. The van der Waals surface area contributed by atoms with Crippen molar-refractivity contribution in [1.29, 1.82) is 0 Å². The van der Waals surface area contributed by atoms with Crippen LogP contribution in [-0.2, 0) is 14.3 Å². The number of nitrogens with one attached hydrogen (secondary N) is 1. The van der Waals surface area contributed by atoms with Crippen molar-refractivity contribution in [2.24, 2.45) is 17.6 Å². The molecule has 0 aromatic carbocycles. The summed E-state index contributed by atoms with van der Waals surface area (Å²) in [6.45, 7) is 6.47. The Kier molecular flexibility index (Phi) is 8.37. The number of nitrogens with two attached hydrogens (primary N) is 1. The lowest BCUT2D eigenvalue weighted by Crippen LogP contribution is -2.43. The molecule has 106 valence electrons. The van der Waals surface area contributed by atoms with Crippen LogP contribution in [-0.4, -0.2) is 31.6 Å². The Morgan fingerprint density at radius 3 is 2.33 bits per heavy atom. The van der Waals surface area contributed by atoms with Gasteiger partial charge in [-0.15, -0.1) is 0 Å². The van der Waals surface area contributed by atoms with Crippen LogP contribution in [0.15, 0.2) is 0 Å². The Hall–Kier alpha value is -1.10. The molecule has 5 heteroatoms. The van der Waals surface area contributed by atoms with E-state index in [-0.39, 0.29) is 11.8 Å². The molecule has 18 heavy (non-hydrogen) atoms. The molecule has 5 nitrogen and oxygen atoms in total. The van der Waals surface area contributed by atoms with Crippen LogP contribution in [0.3, 0.4) is 0 Å². The zero-order valence-corrected chi connectivity index (χ0v) is 11.9. The van der Waals surface area contributed by atoms with Crippen molar-refractivity contribution < 1.29 is 14.3 Å². The molecule has 0 bridgehead atoms. The van der Waals surface area contributed by atoms with E-state index in [2.05, 4.69) is 5.32 Å². The summed E-state index contributed by atoms with van der Waals surface area (Å²) in [5, 5.41) is 2.73. The molecule has 0 aliphatic carbocycles. The topological polar surface area (TPSA) is 81.4 Å². The molecule has 2 atom stereocenters. The summed E-state index contributed by atoms with van der Waals surface area (Å²) in [5.41, 5.74) is 5.56. The third kappa shape index (κ3) is 6.59. The lowest BCUT2D eigenvalue weighted by Gasteiger charge is -2.19. The van der Waals surface area contributed by atoms with Gasteiger partial charge in [-0.1, -0.05) is 27.2 Å². The monoisotopic (exact) mass is 258 g/mol. The molecule has 1 amide bonds. The van der Waals surface area contributed by atoms with Crippen LogP contribution < -0.4 is 11.1 Å². The summed E-state index contributed by atoms with van der Waals surface area (Å²) in [7, 11) is 1.33. The Bertz CT molecular complexity index is 263. The highest BCUT2D eigenvalue weighted by Gasteiger charge is 2.23. The highest BCUT2D eigenvalue weighted by molar-refractivity contribution is 5.84. The maximum absolute atomic E-state index is 11.8. The maximum atomic E-state index is 11.8. The number of rotatable bonds is 8. The van der Waals surface area contributed by atoms with Crippen molar-refractivity contribution in [1.82, 2.24) is 5.32 Å². The Balaban J connectivity index is 4.38. The van der Waals surface area contributed by atoms with Crippen molar-refractivity contribution in [3.8, 4) is 0 Å². The fourth-order valence-corrected chi connectivity index (χ4v) is 1.74. The van der Waals surface area contributed by atoms with E-state index in [1.54, 1.807) is 0 Å². The van der Waals surface area contributed by atoms with Crippen molar-refractivity contribution in [3.63, 3.8) is 0 Å². The van der Waals surface area contributed by atoms with Gasteiger partial charge in [-0.05, 0) is 24.8 Å². The summed E-state index contributed by atoms with van der Waals surface area (Å²) < 4.78 is 4.69. The number of ether oxygens (including phenoxy) is 1. The average molecular weight is 258 g/mol. The van der Waals surface area contributed by atoms with E-state index < -0.39 is 12.0 Å². The fourth-order valence-electron chi connectivity index (χ4n) is 1.74. The minimum absolute atomic E-state index is 0.136. The second kappa shape index (κ2) is 8.91. The molecular formula is C13H26N2O3. The molecule has 0 aromatic heterocycles. The fraction of sp³-hybridized carbons (Fsp3) is 0.846. The lowest BCUT2D eigenvalue weighted by molar-refractivity contribution is -0.145. The minimum Gasteiger partial charge on any atom is -0.467 e. The number of hydrogen-bond acceptors (Lipinski definition) is 4. The molecule has 0 spiro atoms. The zero-order valence-electron chi connectivity index (χ0n) is 11.9. The SMILES string of the molecule is CCC(CN)CC(=O)NC(CC(C)C)C(=O)OC. The van der Waals surface area contributed by atoms with Crippen LogP contribution in [0.25, 0.3) is 0 Å². The summed E-state index contributed by atoms with van der Waals surface area (Å²) in [5.74, 6) is -0.0468. The van der Waals surface area contributed by atoms with Crippen molar-refractivity contribution in [2.45, 2.75) is 46.1 Å². The van der Waals surface area contributed by atoms with Gasteiger partial charge in [-0.2, -0.15) is 0 Å². The van der Waals surface area contributed by atoms with Gasteiger partial charge >= 0.3 is 5.97 Å². The van der Waals surface area contributed by atoms with Gasteiger partial charge in [-0.25, -0.2) is 4.79 Å². The number of amides is 1. The van der Waals surface area contributed by atoms with Crippen LogP contribution in [0.2, 0.25) is 0 Å². The van der Waals surface area contributed by atoms with Gasteiger partial charge in [-0.3, -0.25) is 4.79 Å². The zero-order chi connectivity index (χ0) is 14.1. The molecule has 0 saturated heterocycles. The largest absolute Gasteiger partial charge is 0.467 e. The van der Waals surface area contributed by atoms with Crippen LogP contribution in [0.4, 0.5) is 0 Å². The lowest BCUT2D eigenvalue weighted by atomic mass is 10.0. The molecule has 0 aliphatic rings. The number of carbonyl (C=O) groups is 2. The predicted octanol–water partition coefficient (Wildman–Crippen LogP) is 1.07. The van der Waals surface area contributed by atoms with Crippen LogP contribution in [0.1, 0.15) is 40.0 Å². The van der Waals surface area contributed by atoms with Gasteiger partial charge in [0.2, 0.25) is 5.91 Å². The Labute approximate surface area is 109 Å². The van der Waals surface area contributed by atoms with E-state index in [4.69, 9.17) is 10.5 Å². The first kappa shape index (κ1) is 16.9. The van der Waals surface area contributed by atoms with E-state index in [9.17, 15) is 9.59 Å². The van der Waals surface area contributed by atoms with Gasteiger partial charge < -0.3 is 15.8 Å². The summed E-state index contributed by atoms with van der Waals surface area (Å²) >= 11 is 0. The van der Waals surface area contributed by atoms with Gasteiger partial charge in [0.05, 0.1) is 7.11 Å². The first-order valence-corrected chi connectivity index (χ1v) is 6.51. The smallest absolute Gasteiger partial charge is 0.328 e. The number of carbonyl (C=O) groups excluding carboxylic acids is 2. The molecular weight excluding hydrogens is 232 g/mol. The molecule has 0 saturated carbocycles. The molecule has 0 aliphatic heterocycles. The summed E-state index contributed by atoms with van der Waals surface area (Å²) in [4.78, 5) is 23.4. The van der Waals surface area contributed by atoms with Crippen molar-refractivity contribution >= 4 is 11.9 Å². The van der Waals surface area contributed by atoms with Crippen LogP contribution >= 0.6 is 0 Å². The van der Waals surface area contributed by atoms with Crippen LogP contribution in [0.5, 0.6) is 0 Å². The number of esters is 1. The normalized spacial score (nSPS) is 14.1. The second-order valence-electron chi connectivity index (χ2n) is 4.99. The highest BCUT2D eigenvalue weighted by Crippen LogP contribution is 2.09. The molecule has 0 rings (SSSR count). The molecule has 2 unspecified atom stereocenters. The van der Waals surface area contributed by atoms with Gasteiger partial charge in [0, 0.05) is 6.42 Å². The summed E-state index contributed by atoms with van der Waals surface area (Å²) in [6, 6.07) is -0.558. The molecule has 0 fully saturated rings. The van der Waals surface area contributed by atoms with Crippen molar-refractivity contribution in [2.75, 3.05) is 13.7 Å². The second-order valence-corrected chi connectivity index (χ2v) is 4.99. The van der Waals surface area contributed by atoms with E-state index in [0.29, 0.717) is 25.3 Å². The van der Waals surface area contributed by atoms with E-state index in [1.807, 2.05) is 20.8 Å². The van der Waals surface area contributed by atoms with Gasteiger partial charge in [0.1, 0.15) is 6.04 Å². The Morgan fingerprint density at radius 2 is 1.94 bits per heavy atom. The Morgan fingerprint density at radius 1 is 1.33 bits per heavy atom. The summed E-state index contributed by atoms with van der Waals surface area (Å²) in [6.07, 6.45) is 1.80. The average Bonchev–Trinajstić information content (AvgIpc) is 2.33. The molecule has 0 radical (unpaired) electrons. The van der Waals surface area contributed by atoms with E-state index in [1.165, 1.54) is 7.11 Å². The van der Waals surface area contributed by atoms with E-state index in [0.717, 1.165) is 6.42 Å². The van der Waals surface area contributed by atoms with Crippen molar-refractivity contribution in [3.05, 3.63) is 0 Å². The quantitative estimate of drug-likeness (QED) is 0.638. The minimum atomic E-state index is -0.558.